The summed E-state index contributed by atoms with van der Waals surface area (Å²) in [5.74, 6) is 0. The Morgan fingerprint density at radius 2 is 0.754 bits per heavy atom. The van der Waals surface area contributed by atoms with Crippen LogP contribution in [0.1, 0.15) is 0 Å². The third kappa shape index (κ3) is 5.65. The fourth-order valence-electron chi connectivity index (χ4n) is 8.71. The first-order valence-electron chi connectivity index (χ1n) is 19.3. The summed E-state index contributed by atoms with van der Waals surface area (Å²) in [5, 5.41) is 9.91. The molecule has 266 valence electrons. The van der Waals surface area contributed by atoms with Crippen molar-refractivity contribution in [1.82, 2.24) is 9.97 Å². The number of aromatic nitrogens is 2. The highest BCUT2D eigenvalue weighted by Gasteiger charge is 2.19. The van der Waals surface area contributed by atoms with Crippen LogP contribution in [0.3, 0.4) is 0 Å². The van der Waals surface area contributed by atoms with Crippen molar-refractivity contribution in [2.45, 2.75) is 0 Å². The van der Waals surface area contributed by atoms with Crippen molar-refractivity contribution in [2.75, 3.05) is 0 Å². The molecule has 2 nitrogen and oxygen atoms in total. The van der Waals surface area contributed by atoms with Crippen LogP contribution in [0.5, 0.6) is 0 Å². The minimum atomic E-state index is 0.442. The lowest BCUT2D eigenvalue weighted by Gasteiger charge is -2.18. The van der Waals surface area contributed by atoms with Gasteiger partial charge in [0.15, 0.2) is 0 Å². The summed E-state index contributed by atoms with van der Waals surface area (Å²) in [5.41, 5.74) is 12.7. The molecule has 3 heteroatoms. The Morgan fingerprint density at radius 1 is 0.298 bits per heavy atom. The van der Waals surface area contributed by atoms with Crippen LogP contribution in [-0.2, 0) is 0 Å². The van der Waals surface area contributed by atoms with E-state index in [0.29, 0.717) is 5.15 Å². The number of nitrogens with zero attached hydrogens (tertiary/aromatic N) is 2. The van der Waals surface area contributed by atoms with Gasteiger partial charge in [-0.05, 0) is 95.0 Å². The summed E-state index contributed by atoms with van der Waals surface area (Å²) >= 11 is 6.78. The average Bonchev–Trinajstić information content (AvgIpc) is 3.28. The third-order valence-electron chi connectivity index (χ3n) is 11.3. The predicted molar refractivity (Wildman–Crippen MR) is 242 cm³/mol. The molecule has 0 unspecified atom stereocenters. The number of fused-ring (bicyclic) bond motifs is 6. The van der Waals surface area contributed by atoms with Crippen molar-refractivity contribution in [3.63, 3.8) is 0 Å². The molecule has 0 aliphatic rings. The number of rotatable bonds is 5. The maximum atomic E-state index is 6.78. The summed E-state index contributed by atoms with van der Waals surface area (Å²) in [6.07, 6.45) is 0. The van der Waals surface area contributed by atoms with Crippen LogP contribution in [0.4, 0.5) is 0 Å². The van der Waals surface area contributed by atoms with Crippen molar-refractivity contribution in [1.29, 1.82) is 0 Å². The maximum Gasteiger partial charge on any atom is 0.130 e. The molecule has 11 aromatic rings. The lowest BCUT2D eigenvalue weighted by molar-refractivity contribution is 1.37. The van der Waals surface area contributed by atoms with Gasteiger partial charge in [-0.2, -0.15) is 0 Å². The van der Waals surface area contributed by atoms with Crippen LogP contribution >= 0.6 is 11.6 Å². The molecule has 9 aromatic carbocycles. The van der Waals surface area contributed by atoms with Crippen molar-refractivity contribution in [3.05, 3.63) is 205 Å². The van der Waals surface area contributed by atoms with Gasteiger partial charge in [-0.3, -0.25) is 0 Å². The van der Waals surface area contributed by atoms with Crippen molar-refractivity contribution in [2.24, 2.45) is 0 Å². The SMILES string of the molecule is Clc1cc(-c2ccccc2)c2ccc3c(-c4ccccc4)cc(-c4ccc(-c5c6ccccc6c(-c6ccc7ccccc7c6)c6ccccc56)cc4)nc3c2n1. The molecule has 11 rings (SSSR count). The number of pyridine rings is 2. The standard InChI is InChI=1S/C54H33ClN2/c55-50-33-48(36-16-5-2-6-17-36)46-30-29-45-47(35-14-3-1-4-15-35)32-49(56-53(45)54(46)57-50)37-24-26-38(27-25-37)51-41-19-9-11-21-43(41)52(44-22-12-10-20-42(44)51)40-28-23-34-13-7-8-18-39(34)31-40/h1-33H. The van der Waals surface area contributed by atoms with Gasteiger partial charge in [0.1, 0.15) is 5.15 Å². The molecule has 2 heterocycles. The Balaban J connectivity index is 1.10. The molecule has 2 aromatic heterocycles. The Hall–Kier alpha value is -7.13. The minimum Gasteiger partial charge on any atom is -0.245 e. The molecule has 0 fully saturated rings. The third-order valence-corrected chi connectivity index (χ3v) is 11.5. The summed E-state index contributed by atoms with van der Waals surface area (Å²) in [6, 6.07) is 71.4. The normalized spacial score (nSPS) is 11.6. The molecule has 0 atom stereocenters. The van der Waals surface area contributed by atoms with Gasteiger partial charge < -0.3 is 0 Å². The summed E-state index contributed by atoms with van der Waals surface area (Å²) in [7, 11) is 0. The van der Waals surface area contributed by atoms with E-state index in [1.54, 1.807) is 0 Å². The largest absolute Gasteiger partial charge is 0.245 e. The minimum absolute atomic E-state index is 0.442. The summed E-state index contributed by atoms with van der Waals surface area (Å²) in [4.78, 5) is 10.3. The van der Waals surface area contributed by atoms with E-state index in [-0.39, 0.29) is 0 Å². The fraction of sp³-hybridized carbons (Fsp3) is 0. The highest BCUT2D eigenvalue weighted by Crippen LogP contribution is 2.45. The Labute approximate surface area is 335 Å². The van der Waals surface area contributed by atoms with Crippen LogP contribution in [0.25, 0.3) is 110 Å². The Kier molecular flexibility index (Phi) is 7.91. The first kappa shape index (κ1) is 33.2. The zero-order valence-electron chi connectivity index (χ0n) is 30.8. The van der Waals surface area contributed by atoms with Gasteiger partial charge in [-0.15, -0.1) is 0 Å². The van der Waals surface area contributed by atoms with E-state index in [4.69, 9.17) is 21.6 Å². The predicted octanol–water partition coefficient (Wildman–Crippen LogP) is 15.2. The number of halogens is 1. The number of hydrogen-bond acceptors (Lipinski definition) is 2. The van der Waals surface area contributed by atoms with E-state index in [2.05, 4.69) is 188 Å². The van der Waals surface area contributed by atoms with Gasteiger partial charge in [0.05, 0.1) is 16.7 Å². The van der Waals surface area contributed by atoms with Crippen LogP contribution in [-0.4, -0.2) is 9.97 Å². The van der Waals surface area contributed by atoms with Crippen LogP contribution in [0, 0.1) is 0 Å². The zero-order chi connectivity index (χ0) is 37.9. The second kappa shape index (κ2) is 13.6. The highest BCUT2D eigenvalue weighted by atomic mass is 35.5. The quantitative estimate of drug-likeness (QED) is 0.0996. The molecule has 0 N–H and O–H groups in total. The molecular formula is C54H33ClN2. The molecule has 0 aliphatic carbocycles. The second-order valence-corrected chi connectivity index (χ2v) is 15.0. The lowest BCUT2D eigenvalue weighted by atomic mass is 9.85. The van der Waals surface area contributed by atoms with E-state index in [9.17, 15) is 0 Å². The van der Waals surface area contributed by atoms with Crippen molar-refractivity contribution in [3.8, 4) is 55.8 Å². The number of hydrogen-bond donors (Lipinski definition) is 0. The highest BCUT2D eigenvalue weighted by molar-refractivity contribution is 6.31. The van der Waals surface area contributed by atoms with Crippen molar-refractivity contribution >= 4 is 65.7 Å². The number of benzene rings is 9. The van der Waals surface area contributed by atoms with E-state index in [0.717, 1.165) is 60.9 Å². The van der Waals surface area contributed by atoms with E-state index < -0.39 is 0 Å². The summed E-state index contributed by atoms with van der Waals surface area (Å²) < 4.78 is 0. The molecule has 0 spiro atoms. The smallest absolute Gasteiger partial charge is 0.130 e. The fourth-order valence-corrected chi connectivity index (χ4v) is 8.90. The molecule has 0 aliphatic heterocycles. The molecule has 0 saturated carbocycles. The first-order chi connectivity index (χ1) is 28.2. The van der Waals surface area contributed by atoms with Gasteiger partial charge >= 0.3 is 0 Å². The molecule has 0 bridgehead atoms. The first-order valence-corrected chi connectivity index (χ1v) is 19.6. The van der Waals surface area contributed by atoms with Crippen molar-refractivity contribution < 1.29 is 0 Å². The van der Waals surface area contributed by atoms with Gasteiger partial charge in [0, 0.05) is 16.3 Å². The van der Waals surface area contributed by atoms with Gasteiger partial charge in [0.25, 0.3) is 0 Å². The molecule has 0 radical (unpaired) electrons. The molecule has 0 amide bonds. The van der Waals surface area contributed by atoms with Gasteiger partial charge in [-0.1, -0.05) is 194 Å². The van der Waals surface area contributed by atoms with Gasteiger partial charge in [-0.25, -0.2) is 9.97 Å². The Morgan fingerprint density at radius 3 is 1.35 bits per heavy atom. The van der Waals surface area contributed by atoms with Crippen LogP contribution < -0.4 is 0 Å². The maximum absolute atomic E-state index is 6.78. The Bertz CT molecular complexity index is 3280. The van der Waals surface area contributed by atoms with E-state index >= 15 is 0 Å². The second-order valence-electron chi connectivity index (χ2n) is 14.6. The molecule has 57 heavy (non-hydrogen) atoms. The van der Waals surface area contributed by atoms with E-state index in [1.807, 2.05) is 12.1 Å². The molecular weight excluding hydrogens is 712 g/mol. The van der Waals surface area contributed by atoms with Gasteiger partial charge in [0.2, 0.25) is 0 Å². The van der Waals surface area contributed by atoms with E-state index in [1.165, 1.54) is 49.0 Å². The monoisotopic (exact) mass is 744 g/mol. The zero-order valence-corrected chi connectivity index (χ0v) is 31.6. The average molecular weight is 745 g/mol. The molecule has 0 saturated heterocycles. The summed E-state index contributed by atoms with van der Waals surface area (Å²) in [6.45, 7) is 0. The lowest BCUT2D eigenvalue weighted by Crippen LogP contribution is -1.94. The topological polar surface area (TPSA) is 25.8 Å². The van der Waals surface area contributed by atoms with Crippen LogP contribution in [0.2, 0.25) is 5.15 Å². The van der Waals surface area contributed by atoms with Crippen LogP contribution in [0.15, 0.2) is 200 Å².